The average molecular weight is 254 g/mol. The van der Waals surface area contributed by atoms with Crippen molar-refractivity contribution in [2.75, 3.05) is 19.8 Å². The first-order chi connectivity index (χ1) is 8.56. The summed E-state index contributed by atoms with van der Waals surface area (Å²) in [6.45, 7) is 4.32. The summed E-state index contributed by atoms with van der Waals surface area (Å²) in [7, 11) is 0. The molecule has 0 radical (unpaired) electrons. The summed E-state index contributed by atoms with van der Waals surface area (Å²) in [6.07, 6.45) is -0.724. The van der Waals surface area contributed by atoms with Gasteiger partial charge >= 0.3 is 5.97 Å². The minimum absolute atomic E-state index is 0.0733. The summed E-state index contributed by atoms with van der Waals surface area (Å²) >= 11 is 0. The number of hydrogen-bond acceptors (Lipinski definition) is 4. The Labute approximate surface area is 106 Å². The summed E-state index contributed by atoms with van der Waals surface area (Å²) in [5, 5.41) is 18.5. The number of carboxylic acids is 1. The van der Waals surface area contributed by atoms with E-state index >= 15 is 0 Å². The van der Waals surface area contributed by atoms with E-state index in [9.17, 15) is 9.90 Å². The van der Waals surface area contributed by atoms with Crippen LogP contribution < -0.4 is 4.74 Å². The summed E-state index contributed by atoms with van der Waals surface area (Å²) in [5.41, 5.74) is 0.750. The topological polar surface area (TPSA) is 76.0 Å². The Bertz CT molecular complexity index is 402. The number of rotatable bonds is 7. The minimum Gasteiger partial charge on any atom is -0.491 e. The van der Waals surface area contributed by atoms with E-state index in [-0.39, 0.29) is 18.8 Å². The van der Waals surface area contributed by atoms with Gasteiger partial charge in [0.25, 0.3) is 0 Å². The molecule has 1 unspecified atom stereocenters. The Kier molecular flexibility index (Phi) is 5.61. The van der Waals surface area contributed by atoms with Gasteiger partial charge in [-0.05, 0) is 26.0 Å². The lowest BCUT2D eigenvalue weighted by Crippen LogP contribution is -2.23. The molecule has 0 aliphatic heterocycles. The standard InChI is InChI=1S/C13H18O5/c1-3-17-7-10(14)8-18-12-6-4-5-11(9(12)2)13(15)16/h4-6,10,14H,3,7-8H2,1-2H3,(H,15,16). The van der Waals surface area contributed by atoms with E-state index in [0.29, 0.717) is 17.9 Å². The molecular formula is C13H18O5. The predicted octanol–water partition coefficient (Wildman–Crippen LogP) is 1.47. The molecule has 0 fully saturated rings. The zero-order valence-corrected chi connectivity index (χ0v) is 10.5. The normalized spacial score (nSPS) is 12.2. The molecule has 100 valence electrons. The van der Waals surface area contributed by atoms with Crippen LogP contribution in [-0.2, 0) is 4.74 Å². The van der Waals surface area contributed by atoms with Crippen LogP contribution in [0.15, 0.2) is 18.2 Å². The molecule has 1 aromatic carbocycles. The molecule has 1 aromatic rings. The van der Waals surface area contributed by atoms with Crippen molar-refractivity contribution >= 4 is 5.97 Å². The van der Waals surface area contributed by atoms with E-state index in [2.05, 4.69) is 0 Å². The molecule has 2 N–H and O–H groups in total. The van der Waals surface area contributed by atoms with Crippen LogP contribution >= 0.6 is 0 Å². The van der Waals surface area contributed by atoms with E-state index in [1.807, 2.05) is 6.92 Å². The van der Waals surface area contributed by atoms with Crippen LogP contribution in [-0.4, -0.2) is 42.1 Å². The molecule has 0 bridgehead atoms. The first-order valence-corrected chi connectivity index (χ1v) is 5.77. The third-order valence-corrected chi connectivity index (χ3v) is 2.46. The van der Waals surface area contributed by atoms with Gasteiger partial charge in [-0.25, -0.2) is 4.79 Å². The van der Waals surface area contributed by atoms with Crippen molar-refractivity contribution in [3.8, 4) is 5.75 Å². The quantitative estimate of drug-likeness (QED) is 0.770. The van der Waals surface area contributed by atoms with Crippen molar-refractivity contribution in [2.24, 2.45) is 0 Å². The molecular weight excluding hydrogens is 236 g/mol. The number of aliphatic hydroxyl groups is 1. The molecule has 5 heteroatoms. The molecule has 0 saturated carbocycles. The highest BCUT2D eigenvalue weighted by molar-refractivity contribution is 5.90. The third-order valence-electron chi connectivity index (χ3n) is 2.46. The van der Waals surface area contributed by atoms with Crippen LogP contribution in [0.3, 0.4) is 0 Å². The predicted molar refractivity (Wildman–Crippen MR) is 66.1 cm³/mol. The lowest BCUT2D eigenvalue weighted by Gasteiger charge is -2.14. The van der Waals surface area contributed by atoms with Gasteiger partial charge in [-0.3, -0.25) is 0 Å². The van der Waals surface area contributed by atoms with Crippen LogP contribution in [0.2, 0.25) is 0 Å². The Balaban J connectivity index is 2.62. The van der Waals surface area contributed by atoms with Crippen LogP contribution in [0.1, 0.15) is 22.8 Å². The van der Waals surface area contributed by atoms with Gasteiger partial charge in [0.05, 0.1) is 12.2 Å². The van der Waals surface area contributed by atoms with Gasteiger partial charge in [0, 0.05) is 12.2 Å². The maximum Gasteiger partial charge on any atom is 0.336 e. The van der Waals surface area contributed by atoms with Gasteiger partial charge in [-0.15, -0.1) is 0 Å². The molecule has 1 rings (SSSR count). The van der Waals surface area contributed by atoms with Gasteiger partial charge in [-0.1, -0.05) is 6.07 Å². The molecule has 5 nitrogen and oxygen atoms in total. The second kappa shape index (κ2) is 6.98. The fraction of sp³-hybridized carbons (Fsp3) is 0.462. The van der Waals surface area contributed by atoms with Crippen LogP contribution in [0.4, 0.5) is 0 Å². The fourth-order valence-electron chi connectivity index (χ4n) is 1.49. The fourth-order valence-corrected chi connectivity index (χ4v) is 1.49. The third kappa shape index (κ3) is 4.01. The molecule has 0 aromatic heterocycles. The Morgan fingerprint density at radius 3 is 2.72 bits per heavy atom. The van der Waals surface area contributed by atoms with Crippen molar-refractivity contribution in [1.29, 1.82) is 0 Å². The molecule has 0 heterocycles. The number of carbonyl (C=O) groups is 1. The summed E-state index contributed by atoms with van der Waals surface area (Å²) in [4.78, 5) is 10.9. The van der Waals surface area contributed by atoms with Gasteiger partial charge in [0.1, 0.15) is 18.5 Å². The molecule has 0 amide bonds. The average Bonchev–Trinajstić information content (AvgIpc) is 2.34. The van der Waals surface area contributed by atoms with Crippen LogP contribution in [0.5, 0.6) is 5.75 Å². The van der Waals surface area contributed by atoms with E-state index < -0.39 is 12.1 Å². The van der Waals surface area contributed by atoms with E-state index in [1.54, 1.807) is 19.1 Å². The molecule has 1 atom stereocenters. The largest absolute Gasteiger partial charge is 0.491 e. The van der Waals surface area contributed by atoms with Gasteiger partial charge in [-0.2, -0.15) is 0 Å². The summed E-state index contributed by atoms with van der Waals surface area (Å²) in [5.74, 6) is -0.529. The number of hydrogen-bond donors (Lipinski definition) is 2. The Hall–Kier alpha value is -1.59. The SMILES string of the molecule is CCOCC(O)COc1cccc(C(=O)O)c1C. The number of ether oxygens (including phenoxy) is 2. The highest BCUT2D eigenvalue weighted by Crippen LogP contribution is 2.21. The second-order valence-corrected chi connectivity index (χ2v) is 3.86. The summed E-state index contributed by atoms with van der Waals surface area (Å²) in [6, 6.07) is 4.80. The zero-order chi connectivity index (χ0) is 13.5. The second-order valence-electron chi connectivity index (χ2n) is 3.86. The molecule has 0 saturated heterocycles. The van der Waals surface area contributed by atoms with Crippen molar-refractivity contribution in [3.63, 3.8) is 0 Å². The zero-order valence-electron chi connectivity index (χ0n) is 10.5. The van der Waals surface area contributed by atoms with Gasteiger partial charge in [0.15, 0.2) is 0 Å². The van der Waals surface area contributed by atoms with E-state index in [0.717, 1.165) is 0 Å². The summed E-state index contributed by atoms with van der Waals surface area (Å²) < 4.78 is 10.4. The van der Waals surface area contributed by atoms with Crippen molar-refractivity contribution in [3.05, 3.63) is 29.3 Å². The Morgan fingerprint density at radius 1 is 1.39 bits per heavy atom. The molecule has 0 aliphatic carbocycles. The first-order valence-electron chi connectivity index (χ1n) is 5.77. The van der Waals surface area contributed by atoms with E-state index in [4.69, 9.17) is 14.6 Å². The molecule has 18 heavy (non-hydrogen) atoms. The van der Waals surface area contributed by atoms with Crippen LogP contribution in [0, 0.1) is 6.92 Å². The molecule has 0 aliphatic rings. The Morgan fingerprint density at radius 2 is 2.11 bits per heavy atom. The van der Waals surface area contributed by atoms with E-state index in [1.165, 1.54) is 6.07 Å². The van der Waals surface area contributed by atoms with Crippen molar-refractivity contribution < 1.29 is 24.5 Å². The smallest absolute Gasteiger partial charge is 0.336 e. The van der Waals surface area contributed by atoms with Crippen molar-refractivity contribution in [1.82, 2.24) is 0 Å². The highest BCUT2D eigenvalue weighted by atomic mass is 16.5. The maximum atomic E-state index is 10.9. The minimum atomic E-state index is -0.993. The number of benzene rings is 1. The number of carboxylic acid groups (broad SMARTS) is 1. The number of aliphatic hydroxyl groups excluding tert-OH is 1. The van der Waals surface area contributed by atoms with Crippen LogP contribution in [0.25, 0.3) is 0 Å². The van der Waals surface area contributed by atoms with Gasteiger partial charge < -0.3 is 19.7 Å². The number of aromatic carboxylic acids is 1. The lowest BCUT2D eigenvalue weighted by atomic mass is 10.1. The maximum absolute atomic E-state index is 10.9. The monoisotopic (exact) mass is 254 g/mol. The van der Waals surface area contributed by atoms with Crippen molar-refractivity contribution in [2.45, 2.75) is 20.0 Å². The van der Waals surface area contributed by atoms with Gasteiger partial charge in [0.2, 0.25) is 0 Å². The highest BCUT2D eigenvalue weighted by Gasteiger charge is 2.12. The molecule has 0 spiro atoms. The lowest BCUT2D eigenvalue weighted by molar-refractivity contribution is 0.0163. The first kappa shape index (κ1) is 14.5.